The first-order valence-electron chi connectivity index (χ1n) is 14.2. The lowest BCUT2D eigenvalue weighted by molar-refractivity contribution is -0.381. The van der Waals surface area contributed by atoms with Gasteiger partial charge >= 0.3 is 0 Å². The summed E-state index contributed by atoms with van der Waals surface area (Å²) in [5.41, 5.74) is -0.352. The van der Waals surface area contributed by atoms with Crippen LogP contribution in [-0.4, -0.2) is 52.8 Å². The summed E-state index contributed by atoms with van der Waals surface area (Å²) < 4.78 is 19.6. The number of hydrogen-bond donors (Lipinski definition) is 1. The molecule has 6 nitrogen and oxygen atoms in total. The summed E-state index contributed by atoms with van der Waals surface area (Å²) >= 11 is 0. The quantitative estimate of drug-likeness (QED) is 0.606. The molecule has 3 heterocycles. The molecule has 4 aliphatic rings. The van der Waals surface area contributed by atoms with Crippen molar-refractivity contribution in [2.24, 2.45) is 29.6 Å². The zero-order valence-electron chi connectivity index (χ0n) is 22.7. The number of likely N-dealkylation sites (tertiary alicyclic amines) is 1. The predicted molar refractivity (Wildman–Crippen MR) is 138 cm³/mol. The van der Waals surface area contributed by atoms with E-state index in [9.17, 15) is 9.90 Å². The topological polar surface area (TPSA) is 68.2 Å². The van der Waals surface area contributed by atoms with E-state index in [0.29, 0.717) is 18.3 Å². The third-order valence-electron chi connectivity index (χ3n) is 10.0. The van der Waals surface area contributed by atoms with Crippen molar-refractivity contribution in [2.75, 3.05) is 13.1 Å². The second kappa shape index (κ2) is 9.92. The van der Waals surface area contributed by atoms with Gasteiger partial charge in [-0.1, -0.05) is 39.8 Å². The molecule has 36 heavy (non-hydrogen) atoms. The second-order valence-electron chi connectivity index (χ2n) is 12.5. The number of carbonyl (C=O) groups excluding carboxylic acids is 1. The Morgan fingerprint density at radius 2 is 1.81 bits per heavy atom. The van der Waals surface area contributed by atoms with E-state index >= 15 is 0 Å². The van der Waals surface area contributed by atoms with Crippen molar-refractivity contribution < 1.29 is 24.1 Å². The molecule has 5 rings (SSSR count). The van der Waals surface area contributed by atoms with Gasteiger partial charge in [0.05, 0.1) is 12.0 Å². The first-order chi connectivity index (χ1) is 17.1. The highest BCUT2D eigenvalue weighted by molar-refractivity contribution is 5.79. The van der Waals surface area contributed by atoms with Gasteiger partial charge in [-0.3, -0.25) is 4.79 Å². The van der Waals surface area contributed by atoms with Crippen LogP contribution in [0.5, 0.6) is 5.75 Å². The summed E-state index contributed by atoms with van der Waals surface area (Å²) in [6.07, 6.45) is 5.38. The van der Waals surface area contributed by atoms with Crippen molar-refractivity contribution >= 4 is 5.91 Å². The van der Waals surface area contributed by atoms with E-state index in [4.69, 9.17) is 14.2 Å². The lowest BCUT2D eigenvalue weighted by Crippen LogP contribution is -2.67. The minimum Gasteiger partial charge on any atom is -0.465 e. The Morgan fingerprint density at radius 3 is 2.47 bits per heavy atom. The van der Waals surface area contributed by atoms with E-state index in [1.165, 1.54) is 0 Å². The molecule has 200 valence electrons. The predicted octanol–water partition coefficient (Wildman–Crippen LogP) is 5.17. The Morgan fingerprint density at radius 1 is 1.11 bits per heavy atom. The molecule has 0 radical (unpaired) electrons. The number of amides is 1. The van der Waals surface area contributed by atoms with Gasteiger partial charge in [-0.05, 0) is 80.9 Å². The first-order valence-corrected chi connectivity index (χ1v) is 14.2. The normalized spacial score (nSPS) is 40.6. The average molecular weight is 500 g/mol. The van der Waals surface area contributed by atoms with Crippen molar-refractivity contribution in [2.45, 2.75) is 103 Å². The third-order valence-corrected chi connectivity index (χ3v) is 10.0. The third kappa shape index (κ3) is 4.58. The van der Waals surface area contributed by atoms with Gasteiger partial charge in [0.25, 0.3) is 0 Å². The van der Waals surface area contributed by atoms with E-state index in [1.54, 1.807) is 0 Å². The molecule has 0 aromatic heterocycles. The van der Waals surface area contributed by atoms with E-state index in [-0.39, 0.29) is 29.3 Å². The molecule has 3 aliphatic heterocycles. The van der Waals surface area contributed by atoms with Crippen LogP contribution in [0, 0.1) is 29.6 Å². The lowest BCUT2D eigenvalue weighted by Gasteiger charge is -2.57. The molecule has 6 heteroatoms. The Balaban J connectivity index is 1.33. The molecule has 4 fully saturated rings. The average Bonchev–Trinajstić information content (AvgIpc) is 3.34. The summed E-state index contributed by atoms with van der Waals surface area (Å²) in [4.78, 5) is 14.5. The van der Waals surface area contributed by atoms with Gasteiger partial charge in [0.15, 0.2) is 6.29 Å². The molecule has 8 atom stereocenters. The highest BCUT2D eigenvalue weighted by atomic mass is 16.8. The summed E-state index contributed by atoms with van der Waals surface area (Å²) in [6.45, 7) is 12.7. The fraction of sp³-hybridized carbons (Fsp3) is 0.767. The zero-order valence-corrected chi connectivity index (χ0v) is 22.7. The highest BCUT2D eigenvalue weighted by Crippen LogP contribution is 2.56. The first kappa shape index (κ1) is 26.0. The highest BCUT2D eigenvalue weighted by Gasteiger charge is 2.64. The van der Waals surface area contributed by atoms with Crippen molar-refractivity contribution in [1.29, 1.82) is 0 Å². The van der Waals surface area contributed by atoms with Crippen LogP contribution in [0.15, 0.2) is 24.3 Å². The Bertz CT molecular complexity index is 928. The number of hydrogen-bond acceptors (Lipinski definition) is 5. The molecule has 0 spiro atoms. The number of nitrogens with zero attached hydrogens (tertiary/aromatic N) is 1. The van der Waals surface area contributed by atoms with E-state index in [1.807, 2.05) is 29.2 Å². The summed E-state index contributed by atoms with van der Waals surface area (Å²) in [6, 6.07) is 7.82. The van der Waals surface area contributed by atoms with Crippen LogP contribution in [0.3, 0.4) is 0 Å². The van der Waals surface area contributed by atoms with Gasteiger partial charge in [0.2, 0.25) is 12.2 Å². The van der Waals surface area contributed by atoms with Crippen LogP contribution in [0.2, 0.25) is 0 Å². The van der Waals surface area contributed by atoms with Crippen molar-refractivity contribution in [3.05, 3.63) is 29.8 Å². The number of ether oxygens (including phenoxy) is 3. The number of carbonyl (C=O) groups is 1. The van der Waals surface area contributed by atoms with Gasteiger partial charge in [-0.25, -0.2) is 0 Å². The molecular formula is C30H45NO5. The van der Waals surface area contributed by atoms with Crippen LogP contribution in [0.1, 0.15) is 78.7 Å². The fourth-order valence-corrected chi connectivity index (χ4v) is 7.20. The maximum Gasteiger partial charge on any atom is 0.226 e. The van der Waals surface area contributed by atoms with Crippen LogP contribution in [0.4, 0.5) is 0 Å². The van der Waals surface area contributed by atoms with Gasteiger partial charge in [0.1, 0.15) is 11.4 Å². The Kier molecular flexibility index (Phi) is 7.16. The minimum atomic E-state index is -0.997. The number of benzene rings is 1. The fourth-order valence-electron chi connectivity index (χ4n) is 7.20. The monoisotopic (exact) mass is 499 g/mol. The molecule has 1 aromatic carbocycles. The van der Waals surface area contributed by atoms with Crippen molar-refractivity contribution in [1.82, 2.24) is 4.90 Å². The molecule has 3 saturated heterocycles. The van der Waals surface area contributed by atoms with Crippen LogP contribution in [-0.2, 0) is 20.7 Å². The van der Waals surface area contributed by atoms with Gasteiger partial charge in [-0.2, -0.15) is 0 Å². The maximum atomic E-state index is 12.5. The van der Waals surface area contributed by atoms with E-state index in [2.05, 4.69) is 34.6 Å². The minimum absolute atomic E-state index is 0.0321. The van der Waals surface area contributed by atoms with Gasteiger partial charge in [-0.15, -0.1) is 0 Å². The maximum absolute atomic E-state index is 12.5. The Labute approximate surface area is 216 Å². The molecular weight excluding hydrogens is 454 g/mol. The summed E-state index contributed by atoms with van der Waals surface area (Å²) in [5, 5.41) is 12.3. The number of rotatable bonds is 5. The van der Waals surface area contributed by atoms with Crippen molar-refractivity contribution in [3.8, 4) is 5.75 Å². The summed E-state index contributed by atoms with van der Waals surface area (Å²) in [5.74, 6) is 1.93. The Hall–Kier alpha value is -1.63. The van der Waals surface area contributed by atoms with Gasteiger partial charge in [0, 0.05) is 24.9 Å². The summed E-state index contributed by atoms with van der Waals surface area (Å²) in [7, 11) is 0. The van der Waals surface area contributed by atoms with E-state index < -0.39 is 18.2 Å². The molecule has 1 N–H and O–H groups in total. The zero-order chi connectivity index (χ0) is 25.7. The van der Waals surface area contributed by atoms with E-state index in [0.717, 1.165) is 62.9 Å². The standard InChI is InChI=1S/C30H45NO5/c1-19(2)29(5)15-14-24-20(3)8-13-25-21(4)27(35-28(36-29)30(24,25)33)34-23-11-9-22(10-12-23)18-26(32)31-16-6-7-17-31/h9-12,19-21,24-25,27-28,33H,6-8,13-18H2,1-5H3/t20-,21-,24-,25+,27+,28-,29+,30-/m1/s1. The molecule has 1 saturated carbocycles. The molecule has 1 amide bonds. The SMILES string of the molecule is CC(C)[C@]1(C)CC[C@@H]2[C@H](C)CC[C@H]3[C@@H](C)[C@@H](Oc4ccc(CC(=O)N5CCCC5)cc4)O[C@H](O1)[C@@]23O. The number of aliphatic hydroxyl groups is 1. The second-order valence-corrected chi connectivity index (χ2v) is 12.5. The van der Waals surface area contributed by atoms with Crippen molar-refractivity contribution in [3.63, 3.8) is 0 Å². The molecule has 1 aromatic rings. The molecule has 0 bridgehead atoms. The largest absolute Gasteiger partial charge is 0.465 e. The molecule has 1 aliphatic carbocycles. The van der Waals surface area contributed by atoms with Crippen LogP contribution in [0.25, 0.3) is 0 Å². The lowest BCUT2D eigenvalue weighted by atomic mass is 9.58. The van der Waals surface area contributed by atoms with Crippen LogP contribution < -0.4 is 4.74 Å². The smallest absolute Gasteiger partial charge is 0.226 e. The van der Waals surface area contributed by atoms with Crippen LogP contribution >= 0.6 is 0 Å². The molecule has 0 unspecified atom stereocenters. The van der Waals surface area contributed by atoms with Gasteiger partial charge < -0.3 is 24.2 Å².